The summed E-state index contributed by atoms with van der Waals surface area (Å²) in [5, 5.41) is 15.8. The molecule has 0 saturated carbocycles. The highest BCUT2D eigenvalue weighted by molar-refractivity contribution is 9.10. The normalized spacial score (nSPS) is 14.7. The van der Waals surface area contributed by atoms with Gasteiger partial charge in [-0.3, -0.25) is 0 Å². The van der Waals surface area contributed by atoms with Crippen LogP contribution in [0.4, 0.5) is 5.95 Å². The molecule has 1 N–H and O–H groups in total. The van der Waals surface area contributed by atoms with E-state index in [1.165, 1.54) is 17.9 Å². The fourth-order valence-electron chi connectivity index (χ4n) is 3.62. The first-order valence-electron chi connectivity index (χ1n) is 10.3. The minimum atomic E-state index is -0.673. The molecule has 0 amide bonds. The van der Waals surface area contributed by atoms with Crippen LogP contribution in [0.5, 0.6) is 11.5 Å². The highest BCUT2D eigenvalue weighted by Crippen LogP contribution is 2.43. The number of esters is 1. The van der Waals surface area contributed by atoms with Gasteiger partial charge in [-0.05, 0) is 68.7 Å². The second kappa shape index (κ2) is 10.7. The summed E-state index contributed by atoms with van der Waals surface area (Å²) in [6.45, 7) is 5.66. The van der Waals surface area contributed by atoms with Gasteiger partial charge in [0.1, 0.15) is 19.3 Å². The van der Waals surface area contributed by atoms with Gasteiger partial charge in [-0.15, -0.1) is 0 Å². The van der Waals surface area contributed by atoms with E-state index in [1.54, 1.807) is 25.1 Å². The summed E-state index contributed by atoms with van der Waals surface area (Å²) in [6, 6.07) is 8.19. The zero-order chi connectivity index (χ0) is 25.1. The van der Waals surface area contributed by atoms with Gasteiger partial charge in [-0.25, -0.2) is 4.79 Å². The van der Waals surface area contributed by atoms with Crippen LogP contribution in [-0.4, -0.2) is 39.9 Å². The Morgan fingerprint density at radius 2 is 2.09 bits per heavy atom. The third kappa shape index (κ3) is 5.14. The molecule has 3 aromatic rings. The van der Waals surface area contributed by atoms with Crippen molar-refractivity contribution in [3.8, 4) is 11.5 Å². The molecule has 1 unspecified atom stereocenters. The third-order valence-electron chi connectivity index (χ3n) is 5.20. The number of carbonyl (C=O) groups is 1. The minimum Gasteiger partial charge on any atom is -0.493 e. The number of benzene rings is 2. The summed E-state index contributed by atoms with van der Waals surface area (Å²) in [6.07, 6.45) is 1.50. The number of allylic oxidation sites excluding steroid dienone is 1. The Labute approximate surface area is 219 Å². The monoisotopic (exact) mass is 579 g/mol. The summed E-state index contributed by atoms with van der Waals surface area (Å²) >= 11 is 15.7. The highest BCUT2D eigenvalue weighted by Gasteiger charge is 2.36. The Kier molecular flexibility index (Phi) is 7.63. The van der Waals surface area contributed by atoms with E-state index in [1.807, 2.05) is 12.1 Å². The average molecular weight is 581 g/mol. The van der Waals surface area contributed by atoms with Crippen molar-refractivity contribution in [3.05, 3.63) is 79.9 Å². The maximum atomic E-state index is 13.0. The smallest absolute Gasteiger partial charge is 0.338 e. The lowest BCUT2D eigenvalue weighted by molar-refractivity contribution is -0.138. The largest absolute Gasteiger partial charge is 0.493 e. The summed E-state index contributed by atoms with van der Waals surface area (Å²) < 4.78 is 19.1. The van der Waals surface area contributed by atoms with Gasteiger partial charge in [0.25, 0.3) is 0 Å². The number of hydrogen-bond donors (Lipinski definition) is 1. The number of halogens is 3. The molecule has 0 spiro atoms. The van der Waals surface area contributed by atoms with Gasteiger partial charge < -0.3 is 19.5 Å². The van der Waals surface area contributed by atoms with E-state index in [0.29, 0.717) is 48.8 Å². The molecule has 9 nitrogen and oxygen atoms in total. The molecule has 0 aliphatic carbocycles. The number of rotatable bonds is 8. The van der Waals surface area contributed by atoms with Crippen LogP contribution < -0.4 is 14.8 Å². The maximum absolute atomic E-state index is 13.0. The molecule has 0 radical (unpaired) electrons. The van der Waals surface area contributed by atoms with Crippen molar-refractivity contribution in [2.24, 2.45) is 0 Å². The number of tetrazole rings is 1. The number of aromatic nitrogens is 4. The lowest BCUT2D eigenvalue weighted by atomic mass is 9.95. The van der Waals surface area contributed by atoms with Crippen molar-refractivity contribution >= 4 is 51.0 Å². The summed E-state index contributed by atoms with van der Waals surface area (Å²) in [4.78, 5) is 13.0. The van der Waals surface area contributed by atoms with Crippen LogP contribution in [0.15, 0.2) is 58.7 Å². The number of ether oxygens (including phenoxy) is 3. The SMILES string of the molecule is C=CCOC(=O)C1=C(C)Nc2nnnn2C1c1cc(Br)c(OCc2ccc(Cl)c(Cl)c2)c(OC)c1. The molecule has 0 saturated heterocycles. The lowest BCUT2D eigenvalue weighted by Gasteiger charge is -2.28. The number of fused-ring (bicyclic) bond motifs is 1. The summed E-state index contributed by atoms with van der Waals surface area (Å²) in [7, 11) is 1.53. The van der Waals surface area contributed by atoms with Crippen molar-refractivity contribution < 1.29 is 19.0 Å². The van der Waals surface area contributed by atoms with E-state index in [9.17, 15) is 4.79 Å². The van der Waals surface area contributed by atoms with Crippen molar-refractivity contribution in [2.45, 2.75) is 19.6 Å². The Bertz CT molecular complexity index is 1330. The molecule has 182 valence electrons. The number of nitrogens with zero attached hydrogens (tertiary/aromatic N) is 4. The number of methoxy groups -OCH3 is 1. The molecule has 12 heteroatoms. The van der Waals surface area contributed by atoms with Gasteiger partial charge >= 0.3 is 5.97 Å². The topological polar surface area (TPSA) is 100 Å². The standard InChI is InChI=1S/C23H20BrCl2N5O4/c1-4-7-34-22(32)19-12(2)27-23-28-29-30-31(23)20(19)14-9-15(24)21(18(10-14)33-3)35-11-13-5-6-16(25)17(26)8-13/h4-6,8-10,20H,1,7,11H2,2-3H3,(H,27,28,30). The first-order chi connectivity index (χ1) is 16.8. The third-order valence-corrected chi connectivity index (χ3v) is 6.53. The average Bonchev–Trinajstić information content (AvgIpc) is 3.30. The fraction of sp³-hybridized carbons (Fsp3) is 0.217. The van der Waals surface area contributed by atoms with E-state index in [4.69, 9.17) is 37.4 Å². The molecule has 1 aliphatic rings. The van der Waals surface area contributed by atoms with Crippen LogP contribution in [0, 0.1) is 0 Å². The van der Waals surface area contributed by atoms with Crippen LogP contribution >= 0.6 is 39.1 Å². The molecule has 2 aromatic carbocycles. The van der Waals surface area contributed by atoms with Gasteiger partial charge in [-0.1, -0.05) is 47.0 Å². The first kappa shape index (κ1) is 25.0. The Balaban J connectivity index is 1.71. The van der Waals surface area contributed by atoms with Gasteiger partial charge in [0.15, 0.2) is 11.5 Å². The van der Waals surface area contributed by atoms with Crippen molar-refractivity contribution in [2.75, 3.05) is 19.0 Å². The molecule has 0 bridgehead atoms. The van der Waals surface area contributed by atoms with Gasteiger partial charge in [0, 0.05) is 5.70 Å². The molecule has 35 heavy (non-hydrogen) atoms. The zero-order valence-electron chi connectivity index (χ0n) is 18.7. The molecule has 1 aromatic heterocycles. The van der Waals surface area contributed by atoms with Crippen LogP contribution in [0.1, 0.15) is 24.1 Å². The Hall–Kier alpha value is -3.08. The number of nitrogens with one attached hydrogen (secondary N) is 1. The maximum Gasteiger partial charge on any atom is 0.338 e. The van der Waals surface area contributed by atoms with E-state index in [2.05, 4.69) is 43.4 Å². The number of hydrogen-bond acceptors (Lipinski definition) is 8. The highest BCUT2D eigenvalue weighted by atomic mass is 79.9. The Morgan fingerprint density at radius 1 is 1.29 bits per heavy atom. The van der Waals surface area contributed by atoms with E-state index >= 15 is 0 Å². The Morgan fingerprint density at radius 3 is 2.80 bits per heavy atom. The fourth-order valence-corrected chi connectivity index (χ4v) is 4.51. The van der Waals surface area contributed by atoms with Crippen LogP contribution in [0.25, 0.3) is 0 Å². The van der Waals surface area contributed by atoms with Crippen molar-refractivity contribution in [1.29, 1.82) is 0 Å². The molecule has 1 aliphatic heterocycles. The van der Waals surface area contributed by atoms with Gasteiger partial charge in [-0.2, -0.15) is 4.68 Å². The molecular weight excluding hydrogens is 561 g/mol. The second-order valence-electron chi connectivity index (χ2n) is 7.47. The van der Waals surface area contributed by atoms with Crippen LogP contribution in [0.3, 0.4) is 0 Å². The molecular formula is C23H20BrCl2N5O4. The first-order valence-corrected chi connectivity index (χ1v) is 11.9. The number of carbonyl (C=O) groups excluding carboxylic acids is 1. The zero-order valence-corrected chi connectivity index (χ0v) is 21.8. The summed E-state index contributed by atoms with van der Waals surface area (Å²) in [5.41, 5.74) is 2.43. The molecule has 4 rings (SSSR count). The number of anilines is 1. The van der Waals surface area contributed by atoms with Crippen molar-refractivity contribution in [3.63, 3.8) is 0 Å². The molecule has 1 atom stereocenters. The van der Waals surface area contributed by atoms with E-state index < -0.39 is 12.0 Å². The molecule has 2 heterocycles. The van der Waals surface area contributed by atoms with Crippen LogP contribution in [0.2, 0.25) is 10.0 Å². The quantitative estimate of drug-likeness (QED) is 0.281. The van der Waals surface area contributed by atoms with Gasteiger partial charge in [0.05, 0.1) is 27.2 Å². The minimum absolute atomic E-state index is 0.0688. The predicted molar refractivity (Wildman–Crippen MR) is 135 cm³/mol. The summed E-state index contributed by atoms with van der Waals surface area (Å²) in [5.74, 6) is 0.794. The van der Waals surface area contributed by atoms with E-state index in [0.717, 1.165) is 5.56 Å². The molecule has 0 fully saturated rings. The van der Waals surface area contributed by atoms with Crippen molar-refractivity contribution in [1.82, 2.24) is 20.2 Å². The van der Waals surface area contributed by atoms with Crippen LogP contribution in [-0.2, 0) is 16.1 Å². The van der Waals surface area contributed by atoms with Gasteiger partial charge in [0.2, 0.25) is 5.95 Å². The second-order valence-corrected chi connectivity index (χ2v) is 9.14. The predicted octanol–water partition coefficient (Wildman–Crippen LogP) is 5.35. The lowest BCUT2D eigenvalue weighted by Crippen LogP contribution is -2.29. The van der Waals surface area contributed by atoms with E-state index in [-0.39, 0.29) is 13.2 Å².